The second-order valence-electron chi connectivity index (χ2n) is 7.22. The first-order chi connectivity index (χ1) is 15.6. The predicted molar refractivity (Wildman–Crippen MR) is 127 cm³/mol. The number of fused-ring (bicyclic) bond motifs is 1. The van der Waals surface area contributed by atoms with Crippen molar-refractivity contribution in [1.29, 1.82) is 0 Å². The van der Waals surface area contributed by atoms with E-state index >= 15 is 0 Å². The van der Waals surface area contributed by atoms with Crippen LogP contribution in [-0.4, -0.2) is 46.1 Å². The van der Waals surface area contributed by atoms with Crippen molar-refractivity contribution in [3.8, 4) is 0 Å². The number of piperazine rings is 1. The topological polar surface area (TPSA) is 100 Å². The fourth-order valence-electron chi connectivity index (χ4n) is 3.74. The van der Waals surface area contributed by atoms with Crippen molar-refractivity contribution >= 4 is 61.3 Å². The van der Waals surface area contributed by atoms with Crippen molar-refractivity contribution in [3.05, 3.63) is 70.0 Å². The quantitative estimate of drug-likeness (QED) is 0.332. The fraction of sp³-hybridized carbons (Fsp3) is 0.190. The summed E-state index contributed by atoms with van der Waals surface area (Å²) >= 11 is 7.53. The molecular weight excluding hydrogens is 450 g/mol. The molecule has 0 radical (unpaired) electrons. The molecule has 0 aliphatic carbocycles. The van der Waals surface area contributed by atoms with Crippen LogP contribution in [0.25, 0.3) is 10.2 Å². The van der Waals surface area contributed by atoms with E-state index in [1.165, 1.54) is 17.7 Å². The molecule has 0 saturated carbocycles. The number of nitro groups is 1. The van der Waals surface area contributed by atoms with Gasteiger partial charge in [-0.15, -0.1) is 0 Å². The molecule has 2 aromatic carbocycles. The lowest BCUT2D eigenvalue weighted by atomic mass is 10.2. The second-order valence-corrected chi connectivity index (χ2v) is 8.68. The average molecular weight is 468 g/mol. The first kappa shape index (κ1) is 20.4. The largest absolute Gasteiger partial charge is 0.368 e. The van der Waals surface area contributed by atoms with Gasteiger partial charge in [-0.3, -0.25) is 10.1 Å². The second kappa shape index (κ2) is 8.56. The van der Waals surface area contributed by atoms with Crippen molar-refractivity contribution in [1.82, 2.24) is 15.0 Å². The van der Waals surface area contributed by atoms with Crippen LogP contribution in [0.2, 0.25) is 5.02 Å². The fourth-order valence-corrected chi connectivity index (χ4v) is 4.79. The van der Waals surface area contributed by atoms with E-state index in [2.05, 4.69) is 25.2 Å². The van der Waals surface area contributed by atoms with Gasteiger partial charge in [-0.05, 0) is 30.3 Å². The zero-order chi connectivity index (χ0) is 22.1. The van der Waals surface area contributed by atoms with E-state index in [1.807, 2.05) is 53.4 Å². The normalized spacial score (nSPS) is 14.0. The Morgan fingerprint density at radius 3 is 2.56 bits per heavy atom. The molecule has 0 unspecified atom stereocenters. The first-order valence-electron chi connectivity index (χ1n) is 9.96. The summed E-state index contributed by atoms with van der Waals surface area (Å²) in [4.78, 5) is 28.6. The van der Waals surface area contributed by atoms with Crippen LogP contribution in [0, 0.1) is 10.1 Å². The standard InChI is InChI=1S/C21H18ClN7O2S/c22-14-4-3-5-15(12-14)27-8-10-28(11-9-27)20-18(29(30)31)19(23-13-24-20)26-21-25-16-6-1-2-7-17(16)32-21/h1-7,12-13H,8-11H2,(H,23,24,25,26). The van der Waals surface area contributed by atoms with Crippen LogP contribution in [0.1, 0.15) is 0 Å². The van der Waals surface area contributed by atoms with E-state index in [0.717, 1.165) is 15.9 Å². The molecular formula is C21H18ClN7O2S. The third-order valence-corrected chi connectivity index (χ3v) is 6.44. The predicted octanol–water partition coefficient (Wildman–Crippen LogP) is 4.72. The minimum Gasteiger partial charge on any atom is -0.368 e. The number of para-hydroxylation sites is 1. The molecule has 0 atom stereocenters. The van der Waals surface area contributed by atoms with E-state index < -0.39 is 4.92 Å². The third-order valence-electron chi connectivity index (χ3n) is 5.26. The van der Waals surface area contributed by atoms with Crippen LogP contribution < -0.4 is 15.1 Å². The molecule has 0 bridgehead atoms. The monoisotopic (exact) mass is 467 g/mol. The number of nitrogens with one attached hydrogen (secondary N) is 1. The number of anilines is 4. The van der Waals surface area contributed by atoms with Crippen molar-refractivity contribution < 1.29 is 4.92 Å². The van der Waals surface area contributed by atoms with Gasteiger partial charge in [0.1, 0.15) is 6.33 Å². The van der Waals surface area contributed by atoms with Gasteiger partial charge in [-0.1, -0.05) is 41.1 Å². The minimum atomic E-state index is -0.436. The Balaban J connectivity index is 1.39. The van der Waals surface area contributed by atoms with Gasteiger partial charge in [0.15, 0.2) is 5.13 Å². The number of hydrogen-bond acceptors (Lipinski definition) is 9. The van der Waals surface area contributed by atoms with Gasteiger partial charge in [-0.25, -0.2) is 15.0 Å². The van der Waals surface area contributed by atoms with Gasteiger partial charge in [0, 0.05) is 36.9 Å². The van der Waals surface area contributed by atoms with E-state index in [0.29, 0.717) is 42.2 Å². The number of nitrogens with zero attached hydrogens (tertiary/aromatic N) is 6. The maximum atomic E-state index is 12.0. The van der Waals surface area contributed by atoms with Crippen LogP contribution >= 0.6 is 22.9 Å². The number of aromatic nitrogens is 3. The van der Waals surface area contributed by atoms with Gasteiger partial charge in [0.05, 0.1) is 15.1 Å². The summed E-state index contributed by atoms with van der Waals surface area (Å²) in [5, 5.41) is 16.2. The Morgan fingerprint density at radius 2 is 1.81 bits per heavy atom. The molecule has 162 valence electrons. The number of rotatable bonds is 5. The number of halogens is 1. The highest BCUT2D eigenvalue weighted by Crippen LogP contribution is 2.36. The Kier molecular flexibility index (Phi) is 5.46. The lowest BCUT2D eigenvalue weighted by Gasteiger charge is -2.36. The molecule has 9 nitrogen and oxygen atoms in total. The first-order valence-corrected chi connectivity index (χ1v) is 11.2. The van der Waals surface area contributed by atoms with E-state index in [-0.39, 0.29) is 11.5 Å². The van der Waals surface area contributed by atoms with Crippen molar-refractivity contribution in [3.63, 3.8) is 0 Å². The zero-order valence-corrected chi connectivity index (χ0v) is 18.4. The highest BCUT2D eigenvalue weighted by molar-refractivity contribution is 7.22. The van der Waals surface area contributed by atoms with Gasteiger partial charge < -0.3 is 15.1 Å². The van der Waals surface area contributed by atoms with Crippen LogP contribution in [0.4, 0.5) is 28.1 Å². The molecule has 1 saturated heterocycles. The molecule has 5 rings (SSSR count). The van der Waals surface area contributed by atoms with Gasteiger partial charge in [0.2, 0.25) is 11.6 Å². The lowest BCUT2D eigenvalue weighted by Crippen LogP contribution is -2.47. The summed E-state index contributed by atoms with van der Waals surface area (Å²) in [5.74, 6) is 0.440. The van der Waals surface area contributed by atoms with Crippen LogP contribution in [0.15, 0.2) is 54.9 Å². The van der Waals surface area contributed by atoms with Crippen LogP contribution in [-0.2, 0) is 0 Å². The molecule has 1 N–H and O–H groups in total. The average Bonchev–Trinajstić information content (AvgIpc) is 3.21. The number of hydrogen-bond donors (Lipinski definition) is 1. The van der Waals surface area contributed by atoms with Crippen molar-refractivity contribution in [2.75, 3.05) is 41.3 Å². The molecule has 2 aromatic heterocycles. The van der Waals surface area contributed by atoms with Crippen LogP contribution in [0.3, 0.4) is 0 Å². The Labute approximate surface area is 192 Å². The maximum Gasteiger partial charge on any atom is 0.353 e. The number of thiazole rings is 1. The molecule has 1 aliphatic rings. The van der Waals surface area contributed by atoms with E-state index in [9.17, 15) is 10.1 Å². The highest BCUT2D eigenvalue weighted by atomic mass is 35.5. The van der Waals surface area contributed by atoms with Gasteiger partial charge in [-0.2, -0.15) is 0 Å². The Hall–Kier alpha value is -3.50. The third kappa shape index (κ3) is 4.02. The molecule has 0 amide bonds. The summed E-state index contributed by atoms with van der Waals surface area (Å²) in [7, 11) is 0. The van der Waals surface area contributed by atoms with Crippen LogP contribution in [0.5, 0.6) is 0 Å². The zero-order valence-electron chi connectivity index (χ0n) is 16.8. The lowest BCUT2D eigenvalue weighted by molar-refractivity contribution is -0.383. The number of benzene rings is 2. The van der Waals surface area contributed by atoms with E-state index in [4.69, 9.17) is 11.6 Å². The molecule has 0 spiro atoms. The Bertz CT molecular complexity index is 1260. The summed E-state index contributed by atoms with van der Waals surface area (Å²) in [6, 6.07) is 15.4. The highest BCUT2D eigenvalue weighted by Gasteiger charge is 2.30. The molecule has 32 heavy (non-hydrogen) atoms. The molecule has 1 fully saturated rings. The van der Waals surface area contributed by atoms with Gasteiger partial charge in [0.25, 0.3) is 0 Å². The van der Waals surface area contributed by atoms with Crippen molar-refractivity contribution in [2.24, 2.45) is 0 Å². The van der Waals surface area contributed by atoms with E-state index in [1.54, 1.807) is 0 Å². The summed E-state index contributed by atoms with van der Waals surface area (Å²) in [6.07, 6.45) is 1.35. The summed E-state index contributed by atoms with van der Waals surface area (Å²) < 4.78 is 0.990. The summed E-state index contributed by atoms with van der Waals surface area (Å²) in [5.41, 5.74) is 1.71. The Morgan fingerprint density at radius 1 is 1.03 bits per heavy atom. The molecule has 3 heterocycles. The molecule has 4 aromatic rings. The van der Waals surface area contributed by atoms with Crippen molar-refractivity contribution in [2.45, 2.75) is 0 Å². The maximum absolute atomic E-state index is 12.0. The summed E-state index contributed by atoms with van der Waals surface area (Å²) in [6.45, 7) is 2.57. The SMILES string of the molecule is O=[N+]([O-])c1c(Nc2nc3ccccc3s2)ncnc1N1CCN(c2cccc(Cl)c2)CC1. The smallest absolute Gasteiger partial charge is 0.353 e. The molecule has 11 heteroatoms. The van der Waals surface area contributed by atoms with Gasteiger partial charge >= 0.3 is 5.69 Å². The molecule has 1 aliphatic heterocycles. The minimum absolute atomic E-state index is 0.135.